The number of rotatable bonds is 3. The van der Waals surface area contributed by atoms with Crippen LogP contribution >= 0.6 is 0 Å². The summed E-state index contributed by atoms with van der Waals surface area (Å²) in [6.07, 6.45) is 2.89. The van der Waals surface area contributed by atoms with E-state index in [2.05, 4.69) is 16.6 Å². The van der Waals surface area contributed by atoms with E-state index in [1.807, 2.05) is 0 Å². The second kappa shape index (κ2) is 5.53. The predicted octanol–water partition coefficient (Wildman–Crippen LogP) is 0.861. The molecular formula is C13H15NO3S. The van der Waals surface area contributed by atoms with Gasteiger partial charge in [-0.05, 0) is 31.0 Å². The van der Waals surface area contributed by atoms with Gasteiger partial charge in [0.2, 0.25) is 10.0 Å². The molecule has 0 saturated heterocycles. The van der Waals surface area contributed by atoms with Crippen LogP contribution < -0.4 is 4.72 Å². The van der Waals surface area contributed by atoms with Gasteiger partial charge in [-0.1, -0.05) is 24.3 Å². The Morgan fingerprint density at radius 1 is 1.39 bits per heavy atom. The Morgan fingerprint density at radius 2 is 2.17 bits per heavy atom. The largest absolute Gasteiger partial charge is 0.384 e. The third-order valence-corrected chi connectivity index (χ3v) is 4.40. The maximum Gasteiger partial charge on any atom is 0.240 e. The number of sulfonamides is 1. The standard InChI is InChI=1S/C13H15NO3S/c15-9-3-5-11-4-1-8-13(10-11)18(16,17)14-12-6-2-7-12/h1,4,8,10,12,14-15H,2,6-7,9H2. The third kappa shape index (κ3) is 3.10. The molecule has 2 N–H and O–H groups in total. The molecule has 0 unspecified atom stereocenters. The van der Waals surface area contributed by atoms with Gasteiger partial charge in [-0.15, -0.1) is 0 Å². The van der Waals surface area contributed by atoms with E-state index in [9.17, 15) is 8.42 Å². The lowest BCUT2D eigenvalue weighted by atomic mass is 9.94. The SMILES string of the molecule is O=S(=O)(NC1CCC1)c1cccc(C#CCO)c1. The van der Waals surface area contributed by atoms with Crippen molar-refractivity contribution in [2.45, 2.75) is 30.2 Å². The molecule has 0 heterocycles. The molecule has 1 aliphatic carbocycles. The number of hydrogen-bond acceptors (Lipinski definition) is 3. The van der Waals surface area contributed by atoms with Crippen molar-refractivity contribution in [2.24, 2.45) is 0 Å². The lowest BCUT2D eigenvalue weighted by molar-refractivity contribution is 0.350. The van der Waals surface area contributed by atoms with Crippen LogP contribution in [-0.4, -0.2) is 26.2 Å². The van der Waals surface area contributed by atoms with Gasteiger partial charge in [-0.3, -0.25) is 0 Å². The fourth-order valence-corrected chi connectivity index (χ4v) is 3.05. The molecule has 0 bridgehead atoms. The molecule has 5 heteroatoms. The zero-order valence-corrected chi connectivity index (χ0v) is 10.7. The summed E-state index contributed by atoms with van der Waals surface area (Å²) in [6, 6.07) is 6.50. The van der Waals surface area contributed by atoms with Crippen molar-refractivity contribution in [1.29, 1.82) is 0 Å². The van der Waals surface area contributed by atoms with E-state index in [-0.39, 0.29) is 17.5 Å². The summed E-state index contributed by atoms with van der Waals surface area (Å²) in [5.74, 6) is 5.19. The Kier molecular flexibility index (Phi) is 4.02. The molecule has 1 aliphatic rings. The Labute approximate surface area is 107 Å². The highest BCUT2D eigenvalue weighted by Gasteiger charge is 2.24. The maximum atomic E-state index is 12.1. The number of nitrogens with one attached hydrogen (secondary N) is 1. The van der Waals surface area contributed by atoms with Crippen LogP contribution in [0.25, 0.3) is 0 Å². The van der Waals surface area contributed by atoms with Gasteiger partial charge in [-0.2, -0.15) is 0 Å². The minimum atomic E-state index is -3.45. The topological polar surface area (TPSA) is 66.4 Å². The second-order valence-electron chi connectivity index (χ2n) is 4.24. The summed E-state index contributed by atoms with van der Waals surface area (Å²) in [7, 11) is -3.45. The molecule has 1 saturated carbocycles. The van der Waals surface area contributed by atoms with Crippen molar-refractivity contribution < 1.29 is 13.5 Å². The summed E-state index contributed by atoms with van der Waals surface area (Å²) in [4.78, 5) is 0.221. The first kappa shape index (κ1) is 13.1. The molecule has 1 aromatic rings. The Balaban J connectivity index is 2.21. The lowest BCUT2D eigenvalue weighted by Gasteiger charge is -2.26. The Bertz CT molecular complexity index is 580. The summed E-state index contributed by atoms with van der Waals surface area (Å²) >= 11 is 0. The van der Waals surface area contributed by atoms with Gasteiger partial charge in [0.25, 0.3) is 0 Å². The minimum Gasteiger partial charge on any atom is -0.384 e. The van der Waals surface area contributed by atoms with E-state index in [0.29, 0.717) is 5.56 Å². The van der Waals surface area contributed by atoms with Gasteiger partial charge in [-0.25, -0.2) is 13.1 Å². The molecule has 2 rings (SSSR count). The van der Waals surface area contributed by atoms with E-state index < -0.39 is 10.0 Å². The molecule has 18 heavy (non-hydrogen) atoms. The number of benzene rings is 1. The van der Waals surface area contributed by atoms with E-state index in [4.69, 9.17) is 5.11 Å². The predicted molar refractivity (Wildman–Crippen MR) is 68.4 cm³/mol. The van der Waals surface area contributed by atoms with Crippen LogP contribution in [0.3, 0.4) is 0 Å². The first-order valence-electron chi connectivity index (χ1n) is 5.84. The molecule has 0 amide bonds. The van der Waals surface area contributed by atoms with E-state index >= 15 is 0 Å². The molecule has 0 aliphatic heterocycles. The Morgan fingerprint density at radius 3 is 2.78 bits per heavy atom. The molecule has 0 spiro atoms. The fraction of sp³-hybridized carbons (Fsp3) is 0.385. The number of hydrogen-bond donors (Lipinski definition) is 2. The second-order valence-corrected chi connectivity index (χ2v) is 5.95. The lowest BCUT2D eigenvalue weighted by Crippen LogP contribution is -2.39. The van der Waals surface area contributed by atoms with Gasteiger partial charge in [0.1, 0.15) is 6.61 Å². The van der Waals surface area contributed by atoms with Gasteiger partial charge in [0, 0.05) is 11.6 Å². The summed E-state index contributed by atoms with van der Waals surface area (Å²) in [5.41, 5.74) is 0.584. The molecule has 1 fully saturated rings. The zero-order valence-electron chi connectivity index (χ0n) is 9.89. The van der Waals surface area contributed by atoms with E-state index in [1.54, 1.807) is 18.2 Å². The fourth-order valence-electron chi connectivity index (χ4n) is 1.70. The highest BCUT2D eigenvalue weighted by Crippen LogP contribution is 2.21. The van der Waals surface area contributed by atoms with Gasteiger partial charge in [0.15, 0.2) is 0 Å². The zero-order chi connectivity index (χ0) is 13.0. The van der Waals surface area contributed by atoms with Crippen molar-refractivity contribution >= 4 is 10.0 Å². The van der Waals surface area contributed by atoms with Crippen molar-refractivity contribution in [3.63, 3.8) is 0 Å². The highest BCUT2D eigenvalue weighted by atomic mass is 32.2. The molecule has 96 valence electrons. The van der Waals surface area contributed by atoms with Gasteiger partial charge in [0.05, 0.1) is 4.90 Å². The van der Waals surface area contributed by atoms with Crippen molar-refractivity contribution in [3.8, 4) is 11.8 Å². The average molecular weight is 265 g/mol. The molecule has 0 aromatic heterocycles. The van der Waals surface area contributed by atoms with Crippen molar-refractivity contribution in [2.75, 3.05) is 6.61 Å². The molecule has 0 atom stereocenters. The van der Waals surface area contributed by atoms with Crippen LogP contribution in [0, 0.1) is 11.8 Å². The van der Waals surface area contributed by atoms with Crippen LogP contribution in [0.1, 0.15) is 24.8 Å². The molecular weight excluding hydrogens is 250 g/mol. The molecule has 4 nitrogen and oxygen atoms in total. The van der Waals surface area contributed by atoms with Crippen LogP contribution in [0.2, 0.25) is 0 Å². The maximum absolute atomic E-state index is 12.1. The third-order valence-electron chi connectivity index (χ3n) is 2.88. The molecule has 0 radical (unpaired) electrons. The summed E-state index contributed by atoms with van der Waals surface area (Å²) in [6.45, 7) is -0.239. The van der Waals surface area contributed by atoms with Crippen molar-refractivity contribution in [1.82, 2.24) is 4.72 Å². The first-order valence-corrected chi connectivity index (χ1v) is 7.32. The van der Waals surface area contributed by atoms with Gasteiger partial charge >= 0.3 is 0 Å². The molecule has 1 aromatic carbocycles. The van der Waals surface area contributed by atoms with E-state index in [0.717, 1.165) is 19.3 Å². The van der Waals surface area contributed by atoms with Crippen LogP contribution in [0.4, 0.5) is 0 Å². The van der Waals surface area contributed by atoms with Crippen LogP contribution in [0.5, 0.6) is 0 Å². The first-order chi connectivity index (χ1) is 8.62. The number of aliphatic hydroxyl groups excluding tert-OH is 1. The summed E-state index contributed by atoms with van der Waals surface area (Å²) < 4.78 is 26.8. The summed E-state index contributed by atoms with van der Waals surface area (Å²) in [5, 5.41) is 8.61. The average Bonchev–Trinajstić information content (AvgIpc) is 2.32. The smallest absolute Gasteiger partial charge is 0.240 e. The minimum absolute atomic E-state index is 0.0715. The number of aliphatic hydroxyl groups is 1. The normalized spacial score (nSPS) is 15.6. The Hall–Kier alpha value is -1.35. The van der Waals surface area contributed by atoms with Crippen LogP contribution in [-0.2, 0) is 10.0 Å². The monoisotopic (exact) mass is 265 g/mol. The quantitative estimate of drug-likeness (QED) is 0.797. The van der Waals surface area contributed by atoms with Gasteiger partial charge < -0.3 is 5.11 Å². The van der Waals surface area contributed by atoms with E-state index in [1.165, 1.54) is 6.07 Å². The highest BCUT2D eigenvalue weighted by molar-refractivity contribution is 7.89. The van der Waals surface area contributed by atoms with Crippen LogP contribution in [0.15, 0.2) is 29.2 Å². The van der Waals surface area contributed by atoms with Crippen molar-refractivity contribution in [3.05, 3.63) is 29.8 Å².